The highest BCUT2D eigenvalue weighted by Crippen LogP contribution is 2.29. The molecule has 2 aliphatic rings. The second kappa shape index (κ2) is 5.53. The molecule has 104 valence electrons. The van der Waals surface area contributed by atoms with Crippen molar-refractivity contribution in [2.45, 2.75) is 31.0 Å². The van der Waals surface area contributed by atoms with Crippen LogP contribution in [0.3, 0.4) is 0 Å². The first-order chi connectivity index (χ1) is 9.29. The average molecular weight is 265 g/mol. The van der Waals surface area contributed by atoms with E-state index < -0.39 is 0 Å². The molecule has 1 aromatic heterocycles. The molecule has 2 aliphatic heterocycles. The lowest BCUT2D eigenvalue weighted by Crippen LogP contribution is -2.50. The number of aromatic nitrogens is 1. The second-order valence-electron chi connectivity index (χ2n) is 5.33. The molecule has 3 unspecified atom stereocenters. The van der Waals surface area contributed by atoms with Gasteiger partial charge in [0.05, 0.1) is 24.9 Å². The minimum absolute atomic E-state index is 0.00347. The number of fused-ring (bicyclic) bond motifs is 1. The zero-order chi connectivity index (χ0) is 13.2. The number of ether oxygens (including phenoxy) is 1. The molecule has 0 amide bonds. The Morgan fingerprint density at radius 2 is 2.47 bits per heavy atom. The zero-order valence-electron chi connectivity index (χ0n) is 11.2. The summed E-state index contributed by atoms with van der Waals surface area (Å²) >= 11 is 0. The van der Waals surface area contributed by atoms with Crippen molar-refractivity contribution in [3.05, 3.63) is 29.8 Å². The molecule has 0 aliphatic carbocycles. The van der Waals surface area contributed by atoms with Crippen molar-refractivity contribution in [1.82, 2.24) is 15.2 Å². The van der Waals surface area contributed by atoms with Crippen LogP contribution in [0.15, 0.2) is 18.5 Å². The molecule has 3 rings (SSSR count). The van der Waals surface area contributed by atoms with Crippen molar-refractivity contribution in [2.75, 3.05) is 26.7 Å². The maximum atomic E-state index is 13.9. The Bertz CT molecular complexity index is 442. The van der Waals surface area contributed by atoms with Gasteiger partial charge in [-0.15, -0.1) is 0 Å². The highest BCUT2D eigenvalue weighted by Gasteiger charge is 2.36. The van der Waals surface area contributed by atoms with Gasteiger partial charge < -0.3 is 10.1 Å². The first-order valence-electron chi connectivity index (χ1n) is 6.92. The van der Waals surface area contributed by atoms with Gasteiger partial charge in [-0.25, -0.2) is 4.39 Å². The molecule has 0 radical (unpaired) electrons. The molecule has 0 bridgehead atoms. The van der Waals surface area contributed by atoms with Crippen molar-refractivity contribution < 1.29 is 9.13 Å². The first kappa shape index (κ1) is 13.0. The maximum Gasteiger partial charge on any atom is 0.146 e. The lowest BCUT2D eigenvalue weighted by Gasteiger charge is -2.39. The number of hydrogen-bond acceptors (Lipinski definition) is 4. The molecule has 3 heterocycles. The predicted molar refractivity (Wildman–Crippen MR) is 70.3 cm³/mol. The normalized spacial score (nSPS) is 29.2. The van der Waals surface area contributed by atoms with Crippen LogP contribution in [0.4, 0.5) is 4.39 Å². The fourth-order valence-electron chi connectivity index (χ4n) is 3.22. The molecule has 1 aromatic rings. The summed E-state index contributed by atoms with van der Waals surface area (Å²) in [6, 6.07) is 2.18. The number of likely N-dealkylation sites (N-methyl/N-ethyl adjacent to an activating group) is 1. The summed E-state index contributed by atoms with van der Waals surface area (Å²) < 4.78 is 19.8. The summed E-state index contributed by atoms with van der Waals surface area (Å²) in [4.78, 5) is 6.28. The molecule has 3 atom stereocenters. The molecule has 1 N–H and O–H groups in total. The molecule has 0 aromatic carbocycles. The Morgan fingerprint density at radius 3 is 3.26 bits per heavy atom. The smallest absolute Gasteiger partial charge is 0.146 e. The molecular weight excluding hydrogens is 245 g/mol. The maximum absolute atomic E-state index is 13.9. The van der Waals surface area contributed by atoms with Crippen LogP contribution < -0.4 is 5.32 Å². The van der Waals surface area contributed by atoms with Crippen molar-refractivity contribution in [3.63, 3.8) is 0 Å². The minimum Gasteiger partial charge on any atom is -0.373 e. The van der Waals surface area contributed by atoms with Gasteiger partial charge in [-0.05, 0) is 32.5 Å². The highest BCUT2D eigenvalue weighted by atomic mass is 19.1. The van der Waals surface area contributed by atoms with E-state index in [-0.39, 0.29) is 18.0 Å². The summed E-state index contributed by atoms with van der Waals surface area (Å²) in [6.45, 7) is 2.77. The van der Waals surface area contributed by atoms with Gasteiger partial charge in [-0.3, -0.25) is 9.88 Å². The summed E-state index contributed by atoms with van der Waals surface area (Å²) in [5, 5.41) is 3.19. The lowest BCUT2D eigenvalue weighted by atomic mass is 10.00. The van der Waals surface area contributed by atoms with Crippen LogP contribution in [-0.4, -0.2) is 48.8 Å². The minimum atomic E-state index is -0.269. The van der Waals surface area contributed by atoms with E-state index in [9.17, 15) is 4.39 Å². The topological polar surface area (TPSA) is 37.4 Å². The van der Waals surface area contributed by atoms with Gasteiger partial charge in [-0.1, -0.05) is 0 Å². The van der Waals surface area contributed by atoms with Gasteiger partial charge >= 0.3 is 0 Å². The van der Waals surface area contributed by atoms with Gasteiger partial charge in [0.2, 0.25) is 0 Å². The molecule has 5 heteroatoms. The van der Waals surface area contributed by atoms with E-state index in [0.717, 1.165) is 19.7 Å². The summed E-state index contributed by atoms with van der Waals surface area (Å²) in [6.07, 6.45) is 5.36. The standard InChI is InChI=1S/C14H20FN3O/c1-16-14(11-4-5-17-7-12(11)15)13-8-18-6-2-3-10(18)9-19-13/h4-5,7,10,13-14,16H,2-3,6,8-9H2,1H3. The second-order valence-corrected chi connectivity index (χ2v) is 5.33. The number of nitrogens with zero attached hydrogens (tertiary/aromatic N) is 2. The van der Waals surface area contributed by atoms with Crippen molar-refractivity contribution in [2.24, 2.45) is 0 Å². The van der Waals surface area contributed by atoms with Crippen LogP contribution in [0.25, 0.3) is 0 Å². The van der Waals surface area contributed by atoms with Crippen molar-refractivity contribution in [3.8, 4) is 0 Å². The van der Waals surface area contributed by atoms with Gasteiger partial charge in [-0.2, -0.15) is 0 Å². The number of morpholine rings is 1. The molecule has 19 heavy (non-hydrogen) atoms. The zero-order valence-corrected chi connectivity index (χ0v) is 11.2. The molecule has 0 saturated carbocycles. The van der Waals surface area contributed by atoms with Crippen LogP contribution >= 0.6 is 0 Å². The fraction of sp³-hybridized carbons (Fsp3) is 0.643. The monoisotopic (exact) mass is 265 g/mol. The number of hydrogen-bond donors (Lipinski definition) is 1. The summed E-state index contributed by atoms with van der Waals surface area (Å²) in [5.74, 6) is -0.269. The van der Waals surface area contributed by atoms with E-state index in [1.165, 1.54) is 19.0 Å². The third-order valence-corrected chi connectivity index (χ3v) is 4.24. The molecule has 2 fully saturated rings. The summed E-state index contributed by atoms with van der Waals surface area (Å²) in [5.41, 5.74) is 0.639. The highest BCUT2D eigenvalue weighted by molar-refractivity contribution is 5.19. The molecule has 4 nitrogen and oxygen atoms in total. The van der Waals surface area contributed by atoms with E-state index in [1.807, 2.05) is 7.05 Å². The number of nitrogens with one attached hydrogen (secondary N) is 1. The Morgan fingerprint density at radius 1 is 1.58 bits per heavy atom. The van der Waals surface area contributed by atoms with Crippen LogP contribution in [-0.2, 0) is 4.74 Å². The molecule has 0 spiro atoms. The Labute approximate surface area is 113 Å². The SMILES string of the molecule is CNC(c1ccncc1F)C1CN2CCCC2CO1. The Hall–Kier alpha value is -1.04. The quantitative estimate of drug-likeness (QED) is 0.895. The molecular formula is C14H20FN3O. The first-order valence-corrected chi connectivity index (χ1v) is 6.92. The molecule has 2 saturated heterocycles. The number of halogens is 1. The summed E-state index contributed by atoms with van der Waals surface area (Å²) in [7, 11) is 1.85. The van der Waals surface area contributed by atoms with Crippen molar-refractivity contribution >= 4 is 0 Å². The van der Waals surface area contributed by atoms with Gasteiger partial charge in [0.1, 0.15) is 5.82 Å². The average Bonchev–Trinajstić information content (AvgIpc) is 2.89. The number of pyridine rings is 1. The fourth-order valence-corrected chi connectivity index (χ4v) is 3.22. The largest absolute Gasteiger partial charge is 0.373 e. The van der Waals surface area contributed by atoms with E-state index in [0.29, 0.717) is 11.6 Å². The Kier molecular flexibility index (Phi) is 3.77. The lowest BCUT2D eigenvalue weighted by molar-refractivity contribution is -0.0647. The van der Waals surface area contributed by atoms with E-state index in [4.69, 9.17) is 4.74 Å². The van der Waals surface area contributed by atoms with Gasteiger partial charge in [0, 0.05) is 24.3 Å². The van der Waals surface area contributed by atoms with E-state index in [1.54, 1.807) is 12.3 Å². The Balaban J connectivity index is 1.77. The van der Waals surface area contributed by atoms with Gasteiger partial charge in [0.25, 0.3) is 0 Å². The van der Waals surface area contributed by atoms with Gasteiger partial charge in [0.15, 0.2) is 0 Å². The number of rotatable bonds is 3. The third kappa shape index (κ3) is 2.50. The van der Waals surface area contributed by atoms with Crippen LogP contribution in [0.1, 0.15) is 24.4 Å². The van der Waals surface area contributed by atoms with E-state index >= 15 is 0 Å². The van der Waals surface area contributed by atoms with Crippen molar-refractivity contribution in [1.29, 1.82) is 0 Å². The van der Waals surface area contributed by atoms with E-state index in [2.05, 4.69) is 15.2 Å². The predicted octanol–water partition coefficient (Wildman–Crippen LogP) is 1.34. The van der Waals surface area contributed by atoms with Crippen LogP contribution in [0, 0.1) is 5.82 Å². The van der Waals surface area contributed by atoms with Crippen LogP contribution in [0.2, 0.25) is 0 Å². The third-order valence-electron chi connectivity index (χ3n) is 4.24. The van der Waals surface area contributed by atoms with Crippen LogP contribution in [0.5, 0.6) is 0 Å².